The van der Waals surface area contributed by atoms with Crippen molar-refractivity contribution < 1.29 is 5.11 Å². The summed E-state index contributed by atoms with van der Waals surface area (Å²) in [5.74, 6) is 0. The molecule has 0 aliphatic heterocycles. The molecular formula is C12H23N3O. The summed E-state index contributed by atoms with van der Waals surface area (Å²) in [7, 11) is 0. The van der Waals surface area contributed by atoms with E-state index in [1.807, 2.05) is 10.9 Å². The highest BCUT2D eigenvalue weighted by Crippen LogP contribution is 2.08. The predicted octanol–water partition coefficient (Wildman–Crippen LogP) is 1.72. The SMILES string of the molecule is CCC(C)n1ccc(CNCCCCO)n1. The molecule has 92 valence electrons. The van der Waals surface area contributed by atoms with E-state index < -0.39 is 0 Å². The van der Waals surface area contributed by atoms with Gasteiger partial charge in [0.15, 0.2) is 0 Å². The maximum Gasteiger partial charge on any atom is 0.0762 e. The van der Waals surface area contributed by atoms with Crippen molar-refractivity contribution >= 4 is 0 Å². The van der Waals surface area contributed by atoms with E-state index in [9.17, 15) is 0 Å². The predicted molar refractivity (Wildman–Crippen MR) is 65.3 cm³/mol. The lowest BCUT2D eigenvalue weighted by atomic mass is 10.3. The van der Waals surface area contributed by atoms with Gasteiger partial charge in [0, 0.05) is 25.4 Å². The molecule has 16 heavy (non-hydrogen) atoms. The van der Waals surface area contributed by atoms with Crippen molar-refractivity contribution in [1.29, 1.82) is 0 Å². The van der Waals surface area contributed by atoms with Crippen molar-refractivity contribution in [2.24, 2.45) is 0 Å². The number of aliphatic hydroxyl groups excluding tert-OH is 1. The second-order valence-electron chi connectivity index (χ2n) is 4.15. The quantitative estimate of drug-likeness (QED) is 0.662. The van der Waals surface area contributed by atoms with Crippen LogP contribution in [0.4, 0.5) is 0 Å². The highest BCUT2D eigenvalue weighted by molar-refractivity contribution is 4.99. The third-order valence-electron chi connectivity index (χ3n) is 2.77. The summed E-state index contributed by atoms with van der Waals surface area (Å²) in [4.78, 5) is 0. The Kier molecular flexibility index (Phi) is 6.11. The molecule has 0 saturated carbocycles. The van der Waals surface area contributed by atoms with Crippen molar-refractivity contribution in [3.05, 3.63) is 18.0 Å². The first-order valence-electron chi connectivity index (χ1n) is 6.13. The average Bonchev–Trinajstić information content (AvgIpc) is 2.76. The summed E-state index contributed by atoms with van der Waals surface area (Å²) < 4.78 is 2.02. The van der Waals surface area contributed by atoms with E-state index in [1.165, 1.54) is 0 Å². The minimum Gasteiger partial charge on any atom is -0.396 e. The third kappa shape index (κ3) is 4.33. The lowest BCUT2D eigenvalue weighted by Gasteiger charge is -2.08. The fourth-order valence-electron chi connectivity index (χ4n) is 1.48. The highest BCUT2D eigenvalue weighted by Gasteiger charge is 2.03. The van der Waals surface area contributed by atoms with E-state index in [-0.39, 0.29) is 6.61 Å². The minimum absolute atomic E-state index is 0.282. The van der Waals surface area contributed by atoms with Crippen LogP contribution in [0.1, 0.15) is 44.8 Å². The third-order valence-corrected chi connectivity index (χ3v) is 2.77. The summed E-state index contributed by atoms with van der Waals surface area (Å²) in [5.41, 5.74) is 1.09. The molecule has 1 unspecified atom stereocenters. The Morgan fingerprint density at radius 2 is 2.31 bits per heavy atom. The van der Waals surface area contributed by atoms with E-state index in [4.69, 9.17) is 5.11 Å². The van der Waals surface area contributed by atoms with Gasteiger partial charge < -0.3 is 10.4 Å². The summed E-state index contributed by atoms with van der Waals surface area (Å²) in [6, 6.07) is 2.54. The number of aromatic nitrogens is 2. The largest absolute Gasteiger partial charge is 0.396 e. The fourth-order valence-corrected chi connectivity index (χ4v) is 1.48. The Balaban J connectivity index is 2.24. The molecule has 0 saturated heterocycles. The Bertz CT molecular complexity index is 286. The number of rotatable bonds is 8. The lowest BCUT2D eigenvalue weighted by Crippen LogP contribution is -2.16. The summed E-state index contributed by atoms with van der Waals surface area (Å²) in [6.07, 6.45) is 5.03. The molecule has 1 aromatic heterocycles. The Labute approximate surface area is 97.7 Å². The number of nitrogens with zero attached hydrogens (tertiary/aromatic N) is 2. The van der Waals surface area contributed by atoms with E-state index in [0.717, 1.165) is 38.0 Å². The van der Waals surface area contributed by atoms with Crippen molar-refractivity contribution in [2.75, 3.05) is 13.2 Å². The van der Waals surface area contributed by atoms with Gasteiger partial charge in [-0.1, -0.05) is 6.92 Å². The van der Waals surface area contributed by atoms with Gasteiger partial charge in [-0.3, -0.25) is 4.68 Å². The molecule has 0 fully saturated rings. The standard InChI is InChI=1S/C12H23N3O/c1-3-11(2)15-8-6-12(14-15)10-13-7-4-5-9-16/h6,8,11,13,16H,3-5,7,9-10H2,1-2H3. The molecule has 0 aliphatic rings. The molecule has 1 aromatic rings. The summed E-state index contributed by atoms with van der Waals surface area (Å²) in [6.45, 7) is 6.38. The first-order chi connectivity index (χ1) is 7.77. The first-order valence-corrected chi connectivity index (χ1v) is 6.13. The van der Waals surface area contributed by atoms with Crippen LogP contribution < -0.4 is 5.32 Å². The number of aliphatic hydroxyl groups is 1. The van der Waals surface area contributed by atoms with Crippen LogP contribution in [0.3, 0.4) is 0 Å². The van der Waals surface area contributed by atoms with Crippen LogP contribution in [0.15, 0.2) is 12.3 Å². The monoisotopic (exact) mass is 225 g/mol. The van der Waals surface area contributed by atoms with Crippen molar-refractivity contribution in [3.63, 3.8) is 0 Å². The molecule has 4 heteroatoms. The molecule has 0 radical (unpaired) electrons. The van der Waals surface area contributed by atoms with Gasteiger partial charge in [0.2, 0.25) is 0 Å². The molecule has 4 nitrogen and oxygen atoms in total. The van der Waals surface area contributed by atoms with Crippen molar-refractivity contribution in [2.45, 2.75) is 45.7 Å². The molecular weight excluding hydrogens is 202 g/mol. The van der Waals surface area contributed by atoms with Crippen LogP contribution in [0.5, 0.6) is 0 Å². The van der Waals surface area contributed by atoms with Crippen LogP contribution in [0.25, 0.3) is 0 Å². The Morgan fingerprint density at radius 3 is 3.00 bits per heavy atom. The lowest BCUT2D eigenvalue weighted by molar-refractivity contribution is 0.283. The second kappa shape index (κ2) is 7.41. The maximum absolute atomic E-state index is 8.63. The average molecular weight is 225 g/mol. The van der Waals surface area contributed by atoms with Gasteiger partial charge in [-0.05, 0) is 38.8 Å². The number of hydrogen-bond acceptors (Lipinski definition) is 3. The van der Waals surface area contributed by atoms with Crippen LogP contribution >= 0.6 is 0 Å². The van der Waals surface area contributed by atoms with Gasteiger partial charge in [0.1, 0.15) is 0 Å². The zero-order valence-corrected chi connectivity index (χ0v) is 10.3. The van der Waals surface area contributed by atoms with E-state index >= 15 is 0 Å². The van der Waals surface area contributed by atoms with Gasteiger partial charge in [-0.25, -0.2) is 0 Å². The molecule has 0 spiro atoms. The van der Waals surface area contributed by atoms with Crippen molar-refractivity contribution in [1.82, 2.24) is 15.1 Å². The van der Waals surface area contributed by atoms with Crippen LogP contribution in [-0.4, -0.2) is 28.0 Å². The summed E-state index contributed by atoms with van der Waals surface area (Å²) >= 11 is 0. The van der Waals surface area contributed by atoms with Crippen molar-refractivity contribution in [3.8, 4) is 0 Å². The molecule has 0 aromatic carbocycles. The Hall–Kier alpha value is -0.870. The van der Waals surface area contributed by atoms with Gasteiger partial charge in [0.25, 0.3) is 0 Å². The van der Waals surface area contributed by atoms with Crippen LogP contribution in [0, 0.1) is 0 Å². The zero-order chi connectivity index (χ0) is 11.8. The number of unbranched alkanes of at least 4 members (excludes halogenated alkanes) is 1. The number of nitrogens with one attached hydrogen (secondary N) is 1. The topological polar surface area (TPSA) is 50.1 Å². The second-order valence-corrected chi connectivity index (χ2v) is 4.15. The maximum atomic E-state index is 8.63. The molecule has 1 rings (SSSR count). The molecule has 1 heterocycles. The van der Waals surface area contributed by atoms with Gasteiger partial charge in [0.05, 0.1) is 5.69 Å². The summed E-state index contributed by atoms with van der Waals surface area (Å²) in [5, 5.41) is 16.5. The van der Waals surface area contributed by atoms with E-state index in [1.54, 1.807) is 0 Å². The molecule has 2 N–H and O–H groups in total. The first kappa shape index (κ1) is 13.2. The van der Waals surface area contributed by atoms with Gasteiger partial charge in [-0.2, -0.15) is 5.10 Å². The highest BCUT2D eigenvalue weighted by atomic mass is 16.2. The molecule has 0 aliphatic carbocycles. The molecule has 0 amide bonds. The number of hydrogen-bond donors (Lipinski definition) is 2. The fraction of sp³-hybridized carbons (Fsp3) is 0.750. The van der Waals surface area contributed by atoms with E-state index in [0.29, 0.717) is 6.04 Å². The Morgan fingerprint density at radius 1 is 1.50 bits per heavy atom. The van der Waals surface area contributed by atoms with E-state index in [2.05, 4.69) is 30.3 Å². The smallest absolute Gasteiger partial charge is 0.0762 e. The molecule has 0 bridgehead atoms. The zero-order valence-electron chi connectivity index (χ0n) is 10.3. The minimum atomic E-state index is 0.282. The normalized spacial score (nSPS) is 12.9. The molecule has 1 atom stereocenters. The van der Waals surface area contributed by atoms with Gasteiger partial charge in [-0.15, -0.1) is 0 Å². The van der Waals surface area contributed by atoms with Gasteiger partial charge >= 0.3 is 0 Å². The van der Waals surface area contributed by atoms with Crippen LogP contribution in [0.2, 0.25) is 0 Å². The van der Waals surface area contributed by atoms with Crippen LogP contribution in [-0.2, 0) is 6.54 Å².